The molecule has 0 aliphatic carbocycles. The van der Waals surface area contributed by atoms with E-state index in [9.17, 15) is 14.0 Å². The number of aromatic nitrogens is 2. The minimum atomic E-state index is -0.321. The van der Waals surface area contributed by atoms with Crippen molar-refractivity contribution in [1.29, 1.82) is 0 Å². The molecule has 0 N–H and O–H groups in total. The van der Waals surface area contributed by atoms with Gasteiger partial charge in [-0.25, -0.2) is 4.39 Å². The van der Waals surface area contributed by atoms with E-state index >= 15 is 0 Å². The highest BCUT2D eigenvalue weighted by molar-refractivity contribution is 7.98. The van der Waals surface area contributed by atoms with E-state index in [0.717, 1.165) is 41.9 Å². The van der Waals surface area contributed by atoms with Crippen molar-refractivity contribution in [2.45, 2.75) is 51.2 Å². The molecular formula is C34H38ClFN4O2S. The quantitative estimate of drug-likeness (QED) is 0.117. The summed E-state index contributed by atoms with van der Waals surface area (Å²) in [6.45, 7) is 11.1. The number of rotatable bonds is 13. The molecule has 0 spiro atoms. The lowest BCUT2D eigenvalue weighted by molar-refractivity contribution is -0.134. The minimum absolute atomic E-state index is 0.0469. The summed E-state index contributed by atoms with van der Waals surface area (Å²) in [5, 5.41) is 1.15. The smallest absolute Gasteiger partial charge is 0.276 e. The molecule has 0 fully saturated rings. The maximum atomic E-state index is 14.0. The highest BCUT2D eigenvalue weighted by atomic mass is 35.5. The van der Waals surface area contributed by atoms with Gasteiger partial charge < -0.3 is 14.4 Å². The van der Waals surface area contributed by atoms with Crippen molar-refractivity contribution in [3.8, 4) is 11.1 Å². The Morgan fingerprint density at radius 2 is 1.56 bits per heavy atom. The summed E-state index contributed by atoms with van der Waals surface area (Å²) >= 11 is 7.42. The Labute approximate surface area is 262 Å². The number of aryl methyl sites for hydroxylation is 1. The van der Waals surface area contributed by atoms with E-state index in [4.69, 9.17) is 11.6 Å². The van der Waals surface area contributed by atoms with E-state index in [0.29, 0.717) is 28.0 Å². The van der Waals surface area contributed by atoms with Crippen LogP contribution in [-0.4, -0.2) is 51.4 Å². The zero-order chi connectivity index (χ0) is 30.9. The van der Waals surface area contributed by atoms with E-state index < -0.39 is 0 Å². The lowest BCUT2D eigenvalue weighted by atomic mass is 10.0. The van der Waals surface area contributed by atoms with Crippen molar-refractivity contribution in [3.63, 3.8) is 0 Å². The summed E-state index contributed by atoms with van der Waals surface area (Å²) in [4.78, 5) is 35.0. The predicted octanol–water partition coefficient (Wildman–Crippen LogP) is 7.24. The highest BCUT2D eigenvalue weighted by Crippen LogP contribution is 2.27. The summed E-state index contributed by atoms with van der Waals surface area (Å²) in [6, 6.07) is 22.1. The van der Waals surface area contributed by atoms with Crippen molar-refractivity contribution in [2.75, 3.05) is 26.2 Å². The predicted molar refractivity (Wildman–Crippen MR) is 174 cm³/mol. The Hall–Kier alpha value is -3.46. The molecule has 1 unspecified atom stereocenters. The molecule has 0 aliphatic heterocycles. The van der Waals surface area contributed by atoms with E-state index in [1.54, 1.807) is 29.8 Å². The van der Waals surface area contributed by atoms with Crippen LogP contribution in [0.25, 0.3) is 11.1 Å². The van der Waals surface area contributed by atoms with Crippen molar-refractivity contribution < 1.29 is 9.18 Å². The van der Waals surface area contributed by atoms with Gasteiger partial charge in [0.2, 0.25) is 5.91 Å². The normalized spacial score (nSPS) is 12.0. The van der Waals surface area contributed by atoms with Gasteiger partial charge in [-0.15, -0.1) is 0 Å². The van der Waals surface area contributed by atoms with Crippen LogP contribution in [0.5, 0.6) is 0 Å². The third kappa shape index (κ3) is 8.78. The van der Waals surface area contributed by atoms with E-state index in [-0.39, 0.29) is 29.9 Å². The second-order valence-corrected chi connectivity index (χ2v) is 11.9. The Morgan fingerprint density at radius 1 is 0.953 bits per heavy atom. The van der Waals surface area contributed by atoms with Gasteiger partial charge in [0.1, 0.15) is 12.4 Å². The van der Waals surface area contributed by atoms with Gasteiger partial charge in [-0.3, -0.25) is 9.59 Å². The first-order chi connectivity index (χ1) is 20.7. The number of nitrogens with zero attached hydrogens (tertiary/aromatic N) is 4. The molecule has 1 aromatic heterocycles. The zero-order valence-corrected chi connectivity index (χ0v) is 26.7. The first-order valence-electron chi connectivity index (χ1n) is 14.5. The van der Waals surface area contributed by atoms with Gasteiger partial charge in [0.25, 0.3) is 5.56 Å². The van der Waals surface area contributed by atoms with E-state index in [1.807, 2.05) is 29.2 Å². The fraction of sp³-hybridized carbons (Fsp3) is 0.324. The number of hydrogen-bond donors (Lipinski definition) is 0. The number of halogens is 2. The number of thioether (sulfide) groups is 1. The van der Waals surface area contributed by atoms with Crippen LogP contribution in [0.3, 0.4) is 0 Å². The number of carbonyl (C=O) groups is 1. The van der Waals surface area contributed by atoms with Crippen LogP contribution in [0.2, 0.25) is 5.02 Å². The molecule has 1 heterocycles. The largest absolute Gasteiger partial charge is 0.333 e. The SMILES string of the molecule is CCN(CC)CCN(C(=O)Cn1cc(C)c(=O)nc1SCc1ccc(F)cc1)C(C)c1ccc(-c2ccc(Cl)cc2)cc1. The summed E-state index contributed by atoms with van der Waals surface area (Å²) < 4.78 is 15.1. The van der Waals surface area contributed by atoms with Crippen molar-refractivity contribution in [2.24, 2.45) is 0 Å². The third-order valence-electron chi connectivity index (χ3n) is 7.63. The van der Waals surface area contributed by atoms with Crippen LogP contribution in [0.1, 0.15) is 43.5 Å². The number of hydrogen-bond acceptors (Lipinski definition) is 5. The third-order valence-corrected chi connectivity index (χ3v) is 8.94. The first kappa shape index (κ1) is 32.5. The van der Waals surface area contributed by atoms with Gasteiger partial charge in [0, 0.05) is 35.6 Å². The van der Waals surface area contributed by atoms with Gasteiger partial charge in [0.15, 0.2) is 5.16 Å². The molecule has 0 radical (unpaired) electrons. The first-order valence-corrected chi connectivity index (χ1v) is 15.9. The minimum Gasteiger partial charge on any atom is -0.333 e. The molecule has 4 aromatic rings. The topological polar surface area (TPSA) is 58.4 Å². The standard InChI is InChI=1S/C34H38ClFN4O2S/c1-5-38(6-2)19-20-40(25(4)27-9-11-28(12-10-27)29-13-15-30(35)16-14-29)32(41)22-39-21-24(3)33(42)37-34(39)43-23-26-7-17-31(36)18-8-26/h7-18,21,25H,5-6,19-20,22-23H2,1-4H3. The number of likely N-dealkylation sites (N-methyl/N-ethyl adjacent to an activating group) is 1. The Kier molecular flexibility index (Phi) is 11.6. The Morgan fingerprint density at radius 3 is 2.16 bits per heavy atom. The van der Waals surface area contributed by atoms with E-state index in [2.05, 4.69) is 54.9 Å². The lowest BCUT2D eigenvalue weighted by Gasteiger charge is -2.32. The maximum Gasteiger partial charge on any atom is 0.276 e. The molecule has 1 amide bonds. The second kappa shape index (κ2) is 15.3. The second-order valence-electron chi connectivity index (χ2n) is 10.5. The van der Waals surface area contributed by atoms with Gasteiger partial charge in [-0.1, -0.05) is 85.7 Å². The molecule has 0 aliphatic rings. The average molecular weight is 621 g/mol. The number of benzene rings is 3. The summed E-state index contributed by atoms with van der Waals surface area (Å²) in [7, 11) is 0. The van der Waals surface area contributed by atoms with Crippen LogP contribution in [0, 0.1) is 12.7 Å². The molecule has 0 saturated heterocycles. The molecule has 0 saturated carbocycles. The van der Waals surface area contributed by atoms with Crippen molar-refractivity contribution in [1.82, 2.24) is 19.4 Å². The summed E-state index contributed by atoms with van der Waals surface area (Å²) in [5.74, 6) is 0.129. The molecule has 6 nitrogen and oxygen atoms in total. The van der Waals surface area contributed by atoms with Crippen LogP contribution < -0.4 is 5.56 Å². The van der Waals surface area contributed by atoms with Gasteiger partial charge in [0.05, 0.1) is 6.04 Å². The van der Waals surface area contributed by atoms with E-state index in [1.165, 1.54) is 23.9 Å². The molecule has 3 aromatic carbocycles. The molecular weight excluding hydrogens is 583 g/mol. The van der Waals surface area contributed by atoms with Crippen molar-refractivity contribution in [3.05, 3.63) is 117 Å². The molecule has 4 rings (SSSR count). The summed E-state index contributed by atoms with van der Waals surface area (Å²) in [6.07, 6.45) is 1.70. The summed E-state index contributed by atoms with van der Waals surface area (Å²) in [5.41, 5.74) is 4.23. The van der Waals surface area contributed by atoms with Crippen LogP contribution in [-0.2, 0) is 17.1 Å². The average Bonchev–Trinajstić information content (AvgIpc) is 3.01. The molecule has 43 heavy (non-hydrogen) atoms. The lowest BCUT2D eigenvalue weighted by Crippen LogP contribution is -2.42. The number of amides is 1. The van der Waals surface area contributed by atoms with Gasteiger partial charge in [-0.05, 0) is 73.5 Å². The molecule has 226 valence electrons. The van der Waals surface area contributed by atoms with Crippen LogP contribution >= 0.6 is 23.4 Å². The molecule has 1 atom stereocenters. The number of carbonyl (C=O) groups excluding carboxylic acids is 1. The Balaban J connectivity index is 1.57. The fourth-order valence-electron chi connectivity index (χ4n) is 4.88. The van der Waals surface area contributed by atoms with Gasteiger partial charge >= 0.3 is 0 Å². The van der Waals surface area contributed by atoms with Crippen molar-refractivity contribution >= 4 is 29.3 Å². The van der Waals surface area contributed by atoms with Gasteiger partial charge in [-0.2, -0.15) is 4.98 Å². The molecule has 9 heteroatoms. The Bertz CT molecular complexity index is 1560. The van der Waals surface area contributed by atoms with Crippen LogP contribution in [0.15, 0.2) is 88.9 Å². The monoisotopic (exact) mass is 620 g/mol. The fourth-order valence-corrected chi connectivity index (χ4v) is 5.92. The zero-order valence-electron chi connectivity index (χ0n) is 25.1. The molecule has 0 bridgehead atoms. The maximum absolute atomic E-state index is 14.0. The van der Waals surface area contributed by atoms with Crippen LogP contribution in [0.4, 0.5) is 4.39 Å². The highest BCUT2D eigenvalue weighted by Gasteiger charge is 2.23.